The third-order valence-electron chi connectivity index (χ3n) is 8.41. The van der Waals surface area contributed by atoms with Crippen LogP contribution in [0.25, 0.3) is 17.0 Å². The molecular weight excluding hydrogens is 578 g/mol. The monoisotopic (exact) mass is 618 g/mol. The molecule has 0 aliphatic carbocycles. The third kappa shape index (κ3) is 6.02. The van der Waals surface area contributed by atoms with E-state index in [2.05, 4.69) is 23.1 Å². The fourth-order valence-corrected chi connectivity index (χ4v) is 6.26. The fourth-order valence-electron chi connectivity index (χ4n) is 6.26. The Hall–Kier alpha value is -4.35. The van der Waals surface area contributed by atoms with Crippen molar-refractivity contribution < 1.29 is 23.4 Å². The Morgan fingerprint density at radius 2 is 1.96 bits per heavy atom. The summed E-state index contributed by atoms with van der Waals surface area (Å²) >= 11 is 0. The van der Waals surface area contributed by atoms with Gasteiger partial charge in [0.05, 0.1) is 23.6 Å². The lowest BCUT2D eigenvalue weighted by atomic mass is 9.95. The van der Waals surface area contributed by atoms with Crippen LogP contribution in [0, 0.1) is 11.6 Å². The number of carbonyl (C=O) groups is 1. The highest BCUT2D eigenvalue weighted by molar-refractivity contribution is 6.01. The molecule has 2 aliphatic heterocycles. The van der Waals surface area contributed by atoms with Gasteiger partial charge in [-0.1, -0.05) is 33.1 Å². The highest BCUT2D eigenvalue weighted by atomic mass is 19.1. The summed E-state index contributed by atoms with van der Waals surface area (Å²) in [6, 6.07) is 6.46. The molecule has 2 amide bonds. The molecule has 1 atom stereocenters. The van der Waals surface area contributed by atoms with E-state index in [0.717, 1.165) is 5.56 Å². The summed E-state index contributed by atoms with van der Waals surface area (Å²) in [6.07, 6.45) is 3.35. The summed E-state index contributed by atoms with van der Waals surface area (Å²) in [4.78, 5) is 28.0. The lowest BCUT2D eigenvalue weighted by molar-refractivity contribution is -0.0272. The number of piperazine rings is 1. The predicted octanol–water partition coefficient (Wildman–Crippen LogP) is 5.96. The number of carbonyl (C=O) groups excluding carboxylic acids is 1. The molecule has 2 aliphatic rings. The number of aromatic nitrogens is 2. The Labute approximate surface area is 262 Å². The second-order valence-electron chi connectivity index (χ2n) is 12.3. The van der Waals surface area contributed by atoms with E-state index < -0.39 is 29.4 Å². The zero-order chi connectivity index (χ0) is 32.6. The van der Waals surface area contributed by atoms with E-state index in [1.54, 1.807) is 12.3 Å². The van der Waals surface area contributed by atoms with Crippen molar-refractivity contribution >= 4 is 23.2 Å². The standard InChI is InChI=1S/C34H40F2N6O3/c1-7-27(43)40-15-16-41(34(5,6)19-40)21(4)23-18-25(36)30-28-24(35)11-8-12-26(28)45-17-9-10-22-13-14-38-29(20(2)3)31(22)42(33(37)44)32(23)39-30/h7-8,11-14,18,20,27,43H,1,4,9-10,15-17,19H2,2-3,5-6H3,(H2,37,44). The van der Waals surface area contributed by atoms with Crippen molar-refractivity contribution in [1.82, 2.24) is 19.8 Å². The van der Waals surface area contributed by atoms with Crippen molar-refractivity contribution in [2.45, 2.75) is 58.2 Å². The molecule has 1 aromatic carbocycles. The second kappa shape index (κ2) is 12.6. The van der Waals surface area contributed by atoms with Gasteiger partial charge in [-0.15, -0.1) is 0 Å². The molecule has 0 saturated carbocycles. The number of aliphatic hydroxyl groups excluding tert-OH is 1. The van der Waals surface area contributed by atoms with Gasteiger partial charge in [-0.25, -0.2) is 23.5 Å². The summed E-state index contributed by atoms with van der Waals surface area (Å²) in [5.74, 6) is -1.51. The van der Waals surface area contributed by atoms with Crippen LogP contribution in [-0.2, 0) is 6.42 Å². The molecule has 1 saturated heterocycles. The molecule has 0 spiro atoms. The Morgan fingerprint density at radius 1 is 1.20 bits per heavy atom. The van der Waals surface area contributed by atoms with Crippen LogP contribution in [0.4, 0.5) is 25.1 Å². The second-order valence-corrected chi connectivity index (χ2v) is 12.3. The summed E-state index contributed by atoms with van der Waals surface area (Å²) in [6.45, 7) is 17.5. The number of hydrogen-bond acceptors (Lipinski definition) is 7. The first-order valence-electron chi connectivity index (χ1n) is 15.1. The Kier molecular flexibility index (Phi) is 8.95. The predicted molar refractivity (Wildman–Crippen MR) is 171 cm³/mol. The van der Waals surface area contributed by atoms with Gasteiger partial charge in [-0.05, 0) is 68.5 Å². The van der Waals surface area contributed by atoms with Crippen LogP contribution in [0.1, 0.15) is 56.9 Å². The maximum absolute atomic E-state index is 16.3. The SMILES string of the molecule is C=CC(O)N1CCN(C(=C)c2cc(F)c3nc2N(C(N)=O)c2c(ccnc2C(C)C)CCCOc2cccc(F)c2-3)C(C)(C)C1. The lowest BCUT2D eigenvalue weighted by Gasteiger charge is -2.50. The van der Waals surface area contributed by atoms with E-state index in [1.165, 1.54) is 29.2 Å². The number of aliphatic hydroxyl groups is 1. The first kappa shape index (κ1) is 32.1. The number of aryl methyl sites for hydroxylation is 1. The molecule has 1 unspecified atom stereocenters. The first-order valence-corrected chi connectivity index (χ1v) is 15.1. The van der Waals surface area contributed by atoms with Crippen molar-refractivity contribution in [2.75, 3.05) is 31.1 Å². The van der Waals surface area contributed by atoms with Gasteiger partial charge < -0.3 is 20.5 Å². The van der Waals surface area contributed by atoms with Crippen LogP contribution in [0.5, 0.6) is 5.75 Å². The molecule has 4 heterocycles. The molecule has 238 valence electrons. The highest BCUT2D eigenvalue weighted by Crippen LogP contribution is 2.43. The third-order valence-corrected chi connectivity index (χ3v) is 8.41. The molecular formula is C34H40F2N6O3. The number of benzene rings is 1. The average molecular weight is 619 g/mol. The molecule has 3 aromatic rings. The minimum absolute atomic E-state index is 0.000757. The van der Waals surface area contributed by atoms with E-state index in [1.807, 2.05) is 43.6 Å². The molecule has 0 radical (unpaired) electrons. The number of fused-ring (bicyclic) bond motifs is 5. The maximum atomic E-state index is 16.3. The van der Waals surface area contributed by atoms with Crippen molar-refractivity contribution in [3.05, 3.63) is 84.2 Å². The van der Waals surface area contributed by atoms with Gasteiger partial charge in [-0.2, -0.15) is 0 Å². The molecule has 3 N–H and O–H groups in total. The van der Waals surface area contributed by atoms with Gasteiger partial charge in [0.15, 0.2) is 11.6 Å². The first-order chi connectivity index (χ1) is 21.4. The largest absolute Gasteiger partial charge is 0.493 e. The number of nitrogens with two attached hydrogens (primary N) is 1. The molecule has 2 bridgehead atoms. The smallest absolute Gasteiger partial charge is 0.325 e. The van der Waals surface area contributed by atoms with E-state index in [-0.39, 0.29) is 40.9 Å². The van der Waals surface area contributed by atoms with Crippen molar-refractivity contribution in [2.24, 2.45) is 5.73 Å². The highest BCUT2D eigenvalue weighted by Gasteiger charge is 2.39. The van der Waals surface area contributed by atoms with Crippen molar-refractivity contribution in [1.29, 1.82) is 0 Å². The average Bonchev–Trinajstić information content (AvgIpc) is 2.98. The number of primary amides is 1. The minimum Gasteiger partial charge on any atom is -0.493 e. The molecule has 1 fully saturated rings. The topological polar surface area (TPSA) is 108 Å². The minimum atomic E-state index is -0.856. The van der Waals surface area contributed by atoms with E-state index >= 15 is 8.78 Å². The van der Waals surface area contributed by atoms with Crippen molar-refractivity contribution in [3.8, 4) is 17.0 Å². The fraction of sp³-hybridized carbons (Fsp3) is 0.382. The number of halogens is 2. The quantitative estimate of drug-likeness (QED) is 0.340. The van der Waals surface area contributed by atoms with Crippen LogP contribution in [0.2, 0.25) is 0 Å². The Morgan fingerprint density at radius 3 is 2.62 bits per heavy atom. The summed E-state index contributed by atoms with van der Waals surface area (Å²) in [5, 5.41) is 10.4. The number of ether oxygens (including phenoxy) is 1. The van der Waals surface area contributed by atoms with Crippen LogP contribution in [0.15, 0.2) is 55.8 Å². The number of rotatable bonds is 5. The molecule has 5 rings (SSSR count). The normalized spacial score (nSPS) is 17.3. The summed E-state index contributed by atoms with van der Waals surface area (Å²) < 4.78 is 37.7. The molecule has 2 aromatic heterocycles. The zero-order valence-electron chi connectivity index (χ0n) is 26.2. The van der Waals surface area contributed by atoms with Gasteiger partial charge in [0.2, 0.25) is 0 Å². The zero-order valence-corrected chi connectivity index (χ0v) is 26.2. The maximum Gasteiger partial charge on any atom is 0.325 e. The Balaban J connectivity index is 1.79. The summed E-state index contributed by atoms with van der Waals surface area (Å²) in [7, 11) is 0. The van der Waals surface area contributed by atoms with E-state index in [4.69, 9.17) is 10.5 Å². The summed E-state index contributed by atoms with van der Waals surface area (Å²) in [5.41, 5.74) is 7.52. The number of amides is 2. The lowest BCUT2D eigenvalue weighted by Crippen LogP contribution is -2.60. The van der Waals surface area contributed by atoms with E-state index in [0.29, 0.717) is 49.6 Å². The molecule has 45 heavy (non-hydrogen) atoms. The van der Waals surface area contributed by atoms with Gasteiger partial charge in [0.25, 0.3) is 0 Å². The van der Waals surface area contributed by atoms with E-state index in [9.17, 15) is 9.90 Å². The van der Waals surface area contributed by atoms with Crippen LogP contribution >= 0.6 is 0 Å². The van der Waals surface area contributed by atoms with Gasteiger partial charge in [-0.3, -0.25) is 9.88 Å². The van der Waals surface area contributed by atoms with Crippen LogP contribution in [-0.4, -0.2) is 68.9 Å². The van der Waals surface area contributed by atoms with Gasteiger partial charge in [0, 0.05) is 42.6 Å². The Bertz CT molecular complexity index is 1640. The molecule has 11 heteroatoms. The number of anilines is 2. The number of urea groups is 1. The van der Waals surface area contributed by atoms with Crippen LogP contribution in [0.3, 0.4) is 0 Å². The molecule has 9 nitrogen and oxygen atoms in total. The number of nitrogens with zero attached hydrogens (tertiary/aromatic N) is 5. The van der Waals surface area contributed by atoms with Gasteiger partial charge in [0.1, 0.15) is 23.5 Å². The van der Waals surface area contributed by atoms with Crippen LogP contribution < -0.4 is 15.4 Å². The number of hydrogen-bond donors (Lipinski definition) is 2. The number of pyridine rings is 2. The van der Waals surface area contributed by atoms with Crippen molar-refractivity contribution in [3.63, 3.8) is 0 Å². The van der Waals surface area contributed by atoms with Gasteiger partial charge >= 0.3 is 6.03 Å².